The molecule has 0 bridgehead atoms. The molecule has 0 heterocycles. The van der Waals surface area contributed by atoms with Crippen molar-refractivity contribution in [2.24, 2.45) is 0 Å². The van der Waals surface area contributed by atoms with E-state index in [0.29, 0.717) is 13.1 Å². The molecule has 0 atom stereocenters. The molecule has 0 aromatic rings. The van der Waals surface area contributed by atoms with Crippen molar-refractivity contribution in [3.8, 4) is 0 Å². The zero-order valence-corrected chi connectivity index (χ0v) is 11.1. The molecule has 1 N–H and O–H groups in total. The highest BCUT2D eigenvalue weighted by Gasteiger charge is 2.22. The molecule has 0 aliphatic carbocycles. The monoisotopic (exact) mass is 236 g/mol. The summed E-state index contributed by atoms with van der Waals surface area (Å²) >= 11 is 0. The Labute approximate surface area is 94.1 Å². The minimum atomic E-state index is -3.08. The maximum atomic E-state index is 11.9. The van der Waals surface area contributed by atoms with Gasteiger partial charge in [0.25, 0.3) is 0 Å². The van der Waals surface area contributed by atoms with Crippen molar-refractivity contribution in [3.63, 3.8) is 0 Å². The number of nitrogens with zero attached hydrogens (tertiary/aromatic N) is 1. The molecular formula is C10H24N2O2S. The molecule has 5 heteroatoms. The van der Waals surface area contributed by atoms with Gasteiger partial charge in [0.15, 0.2) is 0 Å². The number of rotatable bonds is 8. The quantitative estimate of drug-likeness (QED) is 0.641. The summed E-state index contributed by atoms with van der Waals surface area (Å²) < 4.78 is 25.2. The smallest absolute Gasteiger partial charge is 0.215 e. The second kappa shape index (κ2) is 7.19. The molecule has 92 valence electrons. The molecule has 0 amide bonds. The van der Waals surface area contributed by atoms with Gasteiger partial charge in [-0.1, -0.05) is 13.8 Å². The van der Waals surface area contributed by atoms with Crippen LogP contribution in [0.1, 0.15) is 34.1 Å². The van der Waals surface area contributed by atoms with Crippen molar-refractivity contribution in [2.45, 2.75) is 40.2 Å². The van der Waals surface area contributed by atoms with Crippen LogP contribution in [-0.2, 0) is 10.0 Å². The normalized spacial score (nSPS) is 12.7. The van der Waals surface area contributed by atoms with Crippen molar-refractivity contribution >= 4 is 10.0 Å². The number of hydrogen-bond acceptors (Lipinski definition) is 3. The van der Waals surface area contributed by atoms with E-state index in [1.807, 2.05) is 20.8 Å². The van der Waals surface area contributed by atoms with E-state index >= 15 is 0 Å². The maximum absolute atomic E-state index is 11.9. The van der Waals surface area contributed by atoms with E-state index in [2.05, 4.69) is 12.2 Å². The molecule has 0 aromatic heterocycles. The molecule has 15 heavy (non-hydrogen) atoms. The average molecular weight is 236 g/mol. The van der Waals surface area contributed by atoms with E-state index in [4.69, 9.17) is 0 Å². The summed E-state index contributed by atoms with van der Waals surface area (Å²) in [6.45, 7) is 9.71. The molecule has 0 spiro atoms. The van der Waals surface area contributed by atoms with Gasteiger partial charge >= 0.3 is 0 Å². The van der Waals surface area contributed by atoms with Crippen molar-refractivity contribution in [3.05, 3.63) is 0 Å². The van der Waals surface area contributed by atoms with Gasteiger partial charge < -0.3 is 5.32 Å². The minimum Gasteiger partial charge on any atom is -0.316 e. The molecule has 0 aliphatic heterocycles. The fraction of sp³-hybridized carbons (Fsp3) is 1.00. The van der Waals surface area contributed by atoms with Gasteiger partial charge in [0, 0.05) is 19.1 Å². The summed E-state index contributed by atoms with van der Waals surface area (Å²) in [5.74, 6) is 0.193. The molecular weight excluding hydrogens is 212 g/mol. The molecule has 0 saturated heterocycles. The molecule has 4 nitrogen and oxygen atoms in total. The topological polar surface area (TPSA) is 49.4 Å². The highest BCUT2D eigenvalue weighted by Crippen LogP contribution is 2.06. The first kappa shape index (κ1) is 14.9. The van der Waals surface area contributed by atoms with Gasteiger partial charge in [-0.25, -0.2) is 8.42 Å². The van der Waals surface area contributed by atoms with E-state index in [1.165, 1.54) is 0 Å². The fourth-order valence-corrected chi connectivity index (χ4v) is 3.18. The minimum absolute atomic E-state index is 0.0474. The van der Waals surface area contributed by atoms with E-state index in [0.717, 1.165) is 13.0 Å². The third-order valence-corrected chi connectivity index (χ3v) is 4.32. The molecule has 0 aliphatic rings. The van der Waals surface area contributed by atoms with Crippen LogP contribution in [0.5, 0.6) is 0 Å². The SMILES string of the molecule is CCCNCCS(=O)(=O)N(CC)C(C)C. The van der Waals surface area contributed by atoms with Crippen LogP contribution in [0, 0.1) is 0 Å². The zero-order valence-electron chi connectivity index (χ0n) is 10.3. The highest BCUT2D eigenvalue weighted by molar-refractivity contribution is 7.89. The molecule has 0 unspecified atom stereocenters. The first-order valence-corrected chi connectivity index (χ1v) is 7.26. The lowest BCUT2D eigenvalue weighted by Crippen LogP contribution is -2.40. The Morgan fingerprint density at radius 1 is 1.20 bits per heavy atom. The number of hydrogen-bond donors (Lipinski definition) is 1. The predicted molar refractivity (Wildman–Crippen MR) is 64.5 cm³/mol. The van der Waals surface area contributed by atoms with Gasteiger partial charge in [-0.15, -0.1) is 0 Å². The summed E-state index contributed by atoms with van der Waals surface area (Å²) in [5.41, 5.74) is 0. The van der Waals surface area contributed by atoms with Crippen molar-refractivity contribution in [1.29, 1.82) is 0 Å². The van der Waals surface area contributed by atoms with Crippen LogP contribution >= 0.6 is 0 Å². The fourth-order valence-electron chi connectivity index (χ4n) is 1.50. The Morgan fingerprint density at radius 2 is 1.80 bits per heavy atom. The Hall–Kier alpha value is -0.130. The Morgan fingerprint density at radius 3 is 2.20 bits per heavy atom. The van der Waals surface area contributed by atoms with Gasteiger partial charge in [0.05, 0.1) is 5.75 Å². The van der Waals surface area contributed by atoms with Gasteiger partial charge in [0.1, 0.15) is 0 Å². The maximum Gasteiger partial charge on any atom is 0.215 e. The summed E-state index contributed by atoms with van der Waals surface area (Å²) in [5, 5.41) is 3.10. The van der Waals surface area contributed by atoms with Crippen LogP contribution in [-0.4, -0.2) is 44.2 Å². The molecule has 0 rings (SSSR count). The van der Waals surface area contributed by atoms with Crippen LogP contribution in [0.4, 0.5) is 0 Å². The van der Waals surface area contributed by atoms with Crippen LogP contribution in [0.2, 0.25) is 0 Å². The Bertz CT molecular complexity index is 250. The molecule has 0 fully saturated rings. The lowest BCUT2D eigenvalue weighted by atomic mass is 10.4. The predicted octanol–water partition coefficient (Wildman–Crippen LogP) is 1.05. The number of sulfonamides is 1. The van der Waals surface area contributed by atoms with Crippen LogP contribution < -0.4 is 5.32 Å². The average Bonchev–Trinajstić information content (AvgIpc) is 2.12. The number of nitrogens with one attached hydrogen (secondary N) is 1. The Balaban J connectivity index is 4.15. The van der Waals surface area contributed by atoms with Gasteiger partial charge in [-0.3, -0.25) is 0 Å². The van der Waals surface area contributed by atoms with Crippen molar-refractivity contribution in [2.75, 3.05) is 25.4 Å². The van der Waals surface area contributed by atoms with Gasteiger partial charge in [-0.05, 0) is 26.8 Å². The van der Waals surface area contributed by atoms with E-state index in [9.17, 15) is 8.42 Å². The second-order valence-electron chi connectivity index (χ2n) is 3.86. The van der Waals surface area contributed by atoms with E-state index in [1.54, 1.807) is 4.31 Å². The lowest BCUT2D eigenvalue weighted by Gasteiger charge is -2.24. The lowest BCUT2D eigenvalue weighted by molar-refractivity contribution is 0.368. The summed E-state index contributed by atoms with van der Waals surface area (Å²) in [4.78, 5) is 0. The zero-order chi connectivity index (χ0) is 11.9. The van der Waals surface area contributed by atoms with Crippen LogP contribution in [0.3, 0.4) is 0 Å². The van der Waals surface area contributed by atoms with Crippen LogP contribution in [0.25, 0.3) is 0 Å². The molecule has 0 aromatic carbocycles. The summed E-state index contributed by atoms with van der Waals surface area (Å²) in [6.07, 6.45) is 1.03. The van der Waals surface area contributed by atoms with Gasteiger partial charge in [0.2, 0.25) is 10.0 Å². The van der Waals surface area contributed by atoms with E-state index < -0.39 is 10.0 Å². The molecule has 0 radical (unpaired) electrons. The first-order valence-electron chi connectivity index (χ1n) is 5.66. The third-order valence-electron chi connectivity index (χ3n) is 2.21. The van der Waals surface area contributed by atoms with Crippen molar-refractivity contribution in [1.82, 2.24) is 9.62 Å². The van der Waals surface area contributed by atoms with Crippen molar-refractivity contribution < 1.29 is 8.42 Å². The summed E-state index contributed by atoms with van der Waals surface area (Å²) in [7, 11) is -3.08. The second-order valence-corrected chi connectivity index (χ2v) is 5.90. The molecule has 0 saturated carbocycles. The summed E-state index contributed by atoms with van der Waals surface area (Å²) in [6, 6.07) is 0.0474. The van der Waals surface area contributed by atoms with Gasteiger partial charge in [-0.2, -0.15) is 4.31 Å². The largest absolute Gasteiger partial charge is 0.316 e. The van der Waals surface area contributed by atoms with E-state index in [-0.39, 0.29) is 11.8 Å². The first-order chi connectivity index (χ1) is 6.95. The standard InChI is InChI=1S/C10H24N2O2S/c1-5-7-11-8-9-15(13,14)12(6-2)10(3)4/h10-11H,5-9H2,1-4H3. The third kappa shape index (κ3) is 5.49. The highest BCUT2D eigenvalue weighted by atomic mass is 32.2. The van der Waals surface area contributed by atoms with Crippen LogP contribution in [0.15, 0.2) is 0 Å². The Kier molecular flexibility index (Phi) is 7.13.